The minimum Gasteiger partial charge on any atom is -0.495 e. The highest BCUT2D eigenvalue weighted by Gasteiger charge is 2.53. The molecule has 0 N–H and O–H groups in total. The first-order valence-electron chi connectivity index (χ1n) is 10.6. The van der Waals surface area contributed by atoms with Crippen LogP contribution in [0.25, 0.3) is 0 Å². The van der Waals surface area contributed by atoms with E-state index in [9.17, 15) is 18.0 Å². The molecule has 0 unspecified atom stereocenters. The molecule has 32 heavy (non-hydrogen) atoms. The Bertz CT molecular complexity index is 1290. The Balaban J connectivity index is 1.48. The fourth-order valence-electron chi connectivity index (χ4n) is 5.15. The Kier molecular flexibility index (Phi) is 4.86. The van der Waals surface area contributed by atoms with Crippen molar-refractivity contribution in [2.75, 3.05) is 49.5 Å². The zero-order valence-electron chi connectivity index (χ0n) is 18.2. The normalized spacial score (nSPS) is 24.7. The predicted molar refractivity (Wildman–Crippen MR) is 119 cm³/mol. The molecule has 0 spiro atoms. The summed E-state index contributed by atoms with van der Waals surface area (Å²) in [7, 11) is -0.151. The first kappa shape index (κ1) is 21.1. The third kappa shape index (κ3) is 3.06. The van der Waals surface area contributed by atoms with Crippen molar-refractivity contribution in [3.05, 3.63) is 56.4 Å². The second kappa shape index (κ2) is 7.38. The molecule has 10 nitrogen and oxygen atoms in total. The summed E-state index contributed by atoms with van der Waals surface area (Å²) < 4.78 is 38.3. The van der Waals surface area contributed by atoms with E-state index in [1.165, 1.54) is 10.8 Å². The molecule has 0 aliphatic carbocycles. The fraction of sp³-hybridized carbons (Fsp3) is 0.524. The van der Waals surface area contributed by atoms with Crippen LogP contribution >= 0.6 is 0 Å². The molecule has 5 rings (SSSR count). The topological polar surface area (TPSA) is 103 Å². The Morgan fingerprint density at radius 3 is 2.44 bits per heavy atom. The fourth-order valence-corrected chi connectivity index (χ4v) is 6.33. The number of aromatic nitrogens is 2. The first-order chi connectivity index (χ1) is 15.2. The van der Waals surface area contributed by atoms with E-state index in [2.05, 4.69) is 4.90 Å². The van der Waals surface area contributed by atoms with Crippen LogP contribution in [0.15, 0.2) is 33.9 Å². The summed E-state index contributed by atoms with van der Waals surface area (Å²) >= 11 is 0. The van der Waals surface area contributed by atoms with Gasteiger partial charge in [0.1, 0.15) is 18.0 Å². The summed E-state index contributed by atoms with van der Waals surface area (Å²) in [6.45, 7) is 2.11. The molecular formula is C21H26N4O6S. The molecule has 2 bridgehead atoms. The minimum absolute atomic E-state index is 0.269. The zero-order chi connectivity index (χ0) is 22.8. The molecule has 1 aromatic carbocycles. The lowest BCUT2D eigenvalue weighted by molar-refractivity contribution is 0.0695. The third-order valence-corrected chi connectivity index (χ3v) is 8.27. The number of methoxy groups -OCH3 is 1. The molecule has 0 radical (unpaired) electrons. The van der Waals surface area contributed by atoms with Crippen LogP contribution in [-0.4, -0.2) is 62.5 Å². The van der Waals surface area contributed by atoms with E-state index in [0.717, 1.165) is 16.1 Å². The van der Waals surface area contributed by atoms with Crippen molar-refractivity contribution >= 4 is 15.5 Å². The van der Waals surface area contributed by atoms with E-state index in [-0.39, 0.29) is 6.42 Å². The lowest BCUT2D eigenvalue weighted by atomic mass is 9.96. The summed E-state index contributed by atoms with van der Waals surface area (Å²) in [5.74, 6) is 0.770. The van der Waals surface area contributed by atoms with E-state index in [0.29, 0.717) is 37.4 Å². The summed E-state index contributed by atoms with van der Waals surface area (Å²) in [6.07, 6.45) is 0.0617. The van der Waals surface area contributed by atoms with Crippen molar-refractivity contribution in [1.29, 1.82) is 0 Å². The van der Waals surface area contributed by atoms with E-state index < -0.39 is 38.5 Å². The lowest BCUT2D eigenvalue weighted by Gasteiger charge is -2.38. The predicted octanol–water partition coefficient (Wildman–Crippen LogP) is -0.0569. The number of ether oxygens (including phenoxy) is 2. The average Bonchev–Trinajstić information content (AvgIpc) is 3.38. The van der Waals surface area contributed by atoms with Crippen LogP contribution < -0.4 is 25.9 Å². The second-order valence-corrected chi connectivity index (χ2v) is 10.8. The van der Waals surface area contributed by atoms with Gasteiger partial charge < -0.3 is 19.4 Å². The molecule has 2 fully saturated rings. The summed E-state index contributed by atoms with van der Waals surface area (Å²) in [4.78, 5) is 28.7. The molecule has 1 aromatic heterocycles. The van der Waals surface area contributed by atoms with Gasteiger partial charge in [0.05, 0.1) is 42.4 Å². The minimum atomic E-state index is -3.39. The number of para-hydroxylation sites is 2. The largest absolute Gasteiger partial charge is 0.495 e. The number of piperazine rings is 1. The van der Waals surface area contributed by atoms with Crippen LogP contribution in [0.5, 0.6) is 5.75 Å². The number of rotatable bonds is 4. The maximum absolute atomic E-state index is 13.4. The highest BCUT2D eigenvalue weighted by molar-refractivity contribution is 7.91. The van der Waals surface area contributed by atoms with E-state index in [4.69, 9.17) is 9.47 Å². The van der Waals surface area contributed by atoms with Crippen LogP contribution in [0, 0.1) is 0 Å². The number of benzene rings is 1. The van der Waals surface area contributed by atoms with Gasteiger partial charge in [-0.05, 0) is 18.6 Å². The van der Waals surface area contributed by atoms with Crippen LogP contribution in [0.2, 0.25) is 0 Å². The molecule has 2 aromatic rings. The van der Waals surface area contributed by atoms with Crippen molar-refractivity contribution in [2.45, 2.75) is 23.9 Å². The van der Waals surface area contributed by atoms with Crippen molar-refractivity contribution in [2.24, 2.45) is 7.05 Å². The summed E-state index contributed by atoms with van der Waals surface area (Å²) in [5.41, 5.74) is 0.853. The van der Waals surface area contributed by atoms with Gasteiger partial charge in [-0.2, -0.15) is 4.68 Å². The third-order valence-electron chi connectivity index (χ3n) is 6.73. The van der Waals surface area contributed by atoms with Gasteiger partial charge in [-0.3, -0.25) is 9.36 Å². The van der Waals surface area contributed by atoms with Crippen LogP contribution in [0.1, 0.15) is 29.9 Å². The Hall–Kier alpha value is -2.79. The van der Waals surface area contributed by atoms with Gasteiger partial charge in [-0.25, -0.2) is 13.2 Å². The highest BCUT2D eigenvalue weighted by Crippen LogP contribution is 2.50. The molecule has 0 saturated carbocycles. The molecule has 172 valence electrons. The van der Waals surface area contributed by atoms with Crippen molar-refractivity contribution in [3.63, 3.8) is 0 Å². The van der Waals surface area contributed by atoms with Crippen molar-refractivity contribution < 1.29 is 17.9 Å². The number of sulfone groups is 1. The molecule has 2 saturated heterocycles. The Morgan fingerprint density at radius 1 is 1.09 bits per heavy atom. The lowest BCUT2D eigenvalue weighted by Crippen LogP contribution is -2.60. The van der Waals surface area contributed by atoms with Gasteiger partial charge in [0.2, 0.25) is 0 Å². The van der Waals surface area contributed by atoms with Gasteiger partial charge in [0.15, 0.2) is 9.84 Å². The van der Waals surface area contributed by atoms with Gasteiger partial charge >= 0.3 is 5.69 Å². The van der Waals surface area contributed by atoms with Crippen molar-refractivity contribution in [1.82, 2.24) is 9.24 Å². The zero-order valence-corrected chi connectivity index (χ0v) is 19.0. The van der Waals surface area contributed by atoms with Gasteiger partial charge in [-0.1, -0.05) is 12.1 Å². The molecular weight excluding hydrogens is 436 g/mol. The number of anilines is 1. The smallest absolute Gasteiger partial charge is 0.350 e. The molecule has 3 aliphatic rings. The van der Waals surface area contributed by atoms with Crippen LogP contribution in [-0.2, 0) is 21.6 Å². The molecule has 3 aliphatic heterocycles. The van der Waals surface area contributed by atoms with E-state index in [1.54, 1.807) is 19.2 Å². The molecule has 11 heteroatoms. The van der Waals surface area contributed by atoms with E-state index >= 15 is 0 Å². The highest BCUT2D eigenvalue weighted by atomic mass is 32.2. The average molecular weight is 463 g/mol. The molecule has 0 amide bonds. The number of fused-ring (bicyclic) bond motifs is 5. The number of hydrogen-bond acceptors (Lipinski definition) is 8. The van der Waals surface area contributed by atoms with Gasteiger partial charge in [0.25, 0.3) is 5.56 Å². The SMILES string of the molecule is COc1ccccc1N1CCN(n2c(=O)c3c(n(C)c2=O)[C@@H]2C[C@H](S(C)(=O)=O)[C@H]3O2)CC1. The Labute approximate surface area is 185 Å². The standard InChI is InChI=1S/C21H26N4O6S/c1-22-18-15-12-16(32(3,28)29)19(31-15)17(18)20(26)25(21(22)27)24-10-8-23(9-11-24)13-6-4-5-7-14(13)30-2/h4-7,15-16,19H,8-12H2,1-3H3/t15-,16-,19+/m0/s1. The van der Waals surface area contributed by atoms with Crippen LogP contribution in [0.3, 0.4) is 0 Å². The maximum Gasteiger partial charge on any atom is 0.350 e. The van der Waals surface area contributed by atoms with Crippen LogP contribution in [0.4, 0.5) is 5.69 Å². The number of hydrogen-bond donors (Lipinski definition) is 0. The summed E-state index contributed by atoms with van der Waals surface area (Å²) in [5, 5.41) is 0.972. The summed E-state index contributed by atoms with van der Waals surface area (Å²) in [6, 6.07) is 7.73. The quantitative estimate of drug-likeness (QED) is 0.623. The maximum atomic E-state index is 13.4. The van der Waals surface area contributed by atoms with E-state index in [1.807, 2.05) is 24.3 Å². The molecule has 3 atom stereocenters. The Morgan fingerprint density at radius 2 is 1.78 bits per heavy atom. The first-order valence-corrected chi connectivity index (χ1v) is 12.5. The van der Waals surface area contributed by atoms with Gasteiger partial charge in [-0.15, -0.1) is 0 Å². The molecule has 4 heterocycles. The monoisotopic (exact) mass is 462 g/mol. The van der Waals surface area contributed by atoms with Crippen molar-refractivity contribution in [3.8, 4) is 5.75 Å². The number of nitrogens with zero attached hydrogens (tertiary/aromatic N) is 4. The van der Waals surface area contributed by atoms with Gasteiger partial charge in [0, 0.05) is 26.4 Å². The second-order valence-electron chi connectivity index (χ2n) is 8.52.